The SMILES string of the molecule is COc1cc([N+](=O)[O-])ccc1NC(=O)c1cccn(Cc2c(F)cccc2Cl)c1=O. The number of aromatic nitrogens is 1. The van der Waals surface area contributed by atoms with Gasteiger partial charge in [-0.15, -0.1) is 0 Å². The molecule has 0 saturated heterocycles. The Balaban J connectivity index is 1.90. The summed E-state index contributed by atoms with van der Waals surface area (Å²) in [6.45, 7) is -0.160. The summed E-state index contributed by atoms with van der Waals surface area (Å²) < 4.78 is 20.3. The predicted octanol–water partition coefficient (Wildman–Crippen LogP) is 3.86. The zero-order valence-electron chi connectivity index (χ0n) is 15.6. The molecule has 1 amide bonds. The van der Waals surface area contributed by atoms with Gasteiger partial charge in [-0.05, 0) is 30.3 Å². The number of nitro benzene ring substituents is 1. The molecule has 154 valence electrons. The fourth-order valence-corrected chi connectivity index (χ4v) is 3.00. The van der Waals surface area contributed by atoms with E-state index in [2.05, 4.69) is 5.32 Å². The highest BCUT2D eigenvalue weighted by atomic mass is 35.5. The third kappa shape index (κ3) is 4.31. The summed E-state index contributed by atoms with van der Waals surface area (Å²) >= 11 is 6.01. The molecule has 10 heteroatoms. The van der Waals surface area contributed by atoms with E-state index in [-0.39, 0.29) is 39.8 Å². The lowest BCUT2D eigenvalue weighted by molar-refractivity contribution is -0.384. The van der Waals surface area contributed by atoms with Crippen LogP contribution in [0.1, 0.15) is 15.9 Å². The summed E-state index contributed by atoms with van der Waals surface area (Å²) in [5, 5.41) is 13.5. The number of pyridine rings is 1. The maximum atomic E-state index is 14.0. The summed E-state index contributed by atoms with van der Waals surface area (Å²) in [4.78, 5) is 35.7. The minimum absolute atomic E-state index is 0.0620. The Kier molecular flexibility index (Phi) is 6.12. The van der Waals surface area contributed by atoms with Gasteiger partial charge in [0.05, 0.1) is 30.3 Å². The summed E-state index contributed by atoms with van der Waals surface area (Å²) in [6, 6.07) is 10.6. The second-order valence-electron chi connectivity index (χ2n) is 6.15. The number of nitro groups is 1. The van der Waals surface area contributed by atoms with E-state index in [1.165, 1.54) is 55.8 Å². The number of rotatable bonds is 6. The molecule has 0 aliphatic heterocycles. The Morgan fingerprint density at radius 3 is 2.70 bits per heavy atom. The van der Waals surface area contributed by atoms with Crippen molar-refractivity contribution in [3.63, 3.8) is 0 Å². The van der Waals surface area contributed by atoms with Gasteiger partial charge >= 0.3 is 0 Å². The van der Waals surface area contributed by atoms with Crippen LogP contribution in [-0.2, 0) is 6.54 Å². The third-order valence-electron chi connectivity index (χ3n) is 4.30. The molecule has 0 fully saturated rings. The van der Waals surface area contributed by atoms with Gasteiger partial charge in [0.2, 0.25) is 0 Å². The van der Waals surface area contributed by atoms with Crippen molar-refractivity contribution in [1.29, 1.82) is 0 Å². The van der Waals surface area contributed by atoms with E-state index < -0.39 is 22.2 Å². The molecule has 0 bridgehead atoms. The third-order valence-corrected chi connectivity index (χ3v) is 4.65. The van der Waals surface area contributed by atoms with Gasteiger partial charge in [-0.25, -0.2) is 4.39 Å². The van der Waals surface area contributed by atoms with Gasteiger partial charge < -0.3 is 14.6 Å². The Labute approximate surface area is 174 Å². The van der Waals surface area contributed by atoms with Crippen LogP contribution in [-0.4, -0.2) is 22.5 Å². The number of hydrogen-bond acceptors (Lipinski definition) is 5. The van der Waals surface area contributed by atoms with Crippen LogP contribution in [0.25, 0.3) is 0 Å². The second kappa shape index (κ2) is 8.75. The standard InChI is InChI=1S/C20H15ClFN3O5/c1-30-18-10-12(25(28)29)7-8-17(18)23-19(26)13-4-3-9-24(20(13)27)11-14-15(21)5-2-6-16(14)22/h2-10H,11H2,1H3,(H,23,26). The van der Waals surface area contributed by atoms with Crippen molar-refractivity contribution in [1.82, 2.24) is 4.57 Å². The number of amides is 1. The maximum absolute atomic E-state index is 14.0. The van der Waals surface area contributed by atoms with Crippen molar-refractivity contribution < 1.29 is 18.8 Å². The second-order valence-corrected chi connectivity index (χ2v) is 6.56. The van der Waals surface area contributed by atoms with Crippen LogP contribution >= 0.6 is 11.6 Å². The van der Waals surface area contributed by atoms with E-state index in [4.69, 9.17) is 16.3 Å². The molecule has 0 radical (unpaired) electrons. The van der Waals surface area contributed by atoms with Crippen molar-refractivity contribution in [3.05, 3.63) is 97.2 Å². The highest BCUT2D eigenvalue weighted by Gasteiger charge is 2.18. The topological polar surface area (TPSA) is 103 Å². The molecule has 1 N–H and O–H groups in total. The summed E-state index contributed by atoms with van der Waals surface area (Å²) in [5.74, 6) is -1.26. The molecule has 30 heavy (non-hydrogen) atoms. The zero-order valence-corrected chi connectivity index (χ0v) is 16.4. The molecule has 8 nitrogen and oxygen atoms in total. The average Bonchev–Trinajstić information content (AvgIpc) is 2.72. The molecule has 0 aliphatic carbocycles. The number of ether oxygens (including phenoxy) is 1. The lowest BCUT2D eigenvalue weighted by Crippen LogP contribution is -2.29. The van der Waals surface area contributed by atoms with E-state index in [1.807, 2.05) is 0 Å². The highest BCUT2D eigenvalue weighted by molar-refractivity contribution is 6.31. The van der Waals surface area contributed by atoms with Gasteiger partial charge in [-0.2, -0.15) is 0 Å². The number of non-ortho nitro benzene ring substituents is 1. The number of hydrogen-bond donors (Lipinski definition) is 1. The molecule has 3 rings (SSSR count). The Hall–Kier alpha value is -3.72. The number of benzene rings is 2. The van der Waals surface area contributed by atoms with Crippen LogP contribution in [0.2, 0.25) is 5.02 Å². The Bertz CT molecular complexity index is 1180. The monoisotopic (exact) mass is 431 g/mol. The maximum Gasteiger partial charge on any atom is 0.273 e. The number of nitrogens with one attached hydrogen (secondary N) is 1. The molecule has 1 aromatic heterocycles. The number of methoxy groups -OCH3 is 1. The molecule has 0 saturated carbocycles. The largest absolute Gasteiger partial charge is 0.494 e. The molecule has 3 aromatic rings. The van der Waals surface area contributed by atoms with E-state index in [0.717, 1.165) is 10.6 Å². The molecular weight excluding hydrogens is 417 g/mol. The summed E-state index contributed by atoms with van der Waals surface area (Å²) in [6.07, 6.45) is 1.41. The Morgan fingerprint density at radius 2 is 2.03 bits per heavy atom. The fourth-order valence-electron chi connectivity index (χ4n) is 2.77. The predicted molar refractivity (Wildman–Crippen MR) is 109 cm³/mol. The van der Waals surface area contributed by atoms with Crippen molar-refractivity contribution in [2.45, 2.75) is 6.54 Å². The molecule has 0 atom stereocenters. The van der Waals surface area contributed by atoms with Crippen molar-refractivity contribution >= 4 is 28.9 Å². The Morgan fingerprint density at radius 1 is 1.27 bits per heavy atom. The molecule has 0 unspecified atom stereocenters. The van der Waals surface area contributed by atoms with Gasteiger partial charge in [0, 0.05) is 22.8 Å². The highest BCUT2D eigenvalue weighted by Crippen LogP contribution is 2.29. The molecule has 1 heterocycles. The van der Waals surface area contributed by atoms with E-state index in [1.54, 1.807) is 0 Å². The first-order valence-electron chi connectivity index (χ1n) is 8.58. The van der Waals surface area contributed by atoms with Gasteiger partial charge in [-0.1, -0.05) is 17.7 Å². The molecule has 0 aliphatic rings. The van der Waals surface area contributed by atoms with E-state index >= 15 is 0 Å². The van der Waals surface area contributed by atoms with Crippen molar-refractivity contribution in [2.75, 3.05) is 12.4 Å². The van der Waals surface area contributed by atoms with Gasteiger partial charge in [0.15, 0.2) is 0 Å². The van der Waals surface area contributed by atoms with E-state index in [0.29, 0.717) is 0 Å². The van der Waals surface area contributed by atoms with Crippen LogP contribution < -0.4 is 15.6 Å². The number of halogens is 2. The fraction of sp³-hybridized carbons (Fsp3) is 0.100. The van der Waals surface area contributed by atoms with Crippen molar-refractivity contribution in [2.24, 2.45) is 0 Å². The lowest BCUT2D eigenvalue weighted by Gasteiger charge is -2.12. The quantitative estimate of drug-likeness (QED) is 0.471. The minimum atomic E-state index is -0.749. The summed E-state index contributed by atoms with van der Waals surface area (Å²) in [7, 11) is 1.29. The molecule has 2 aromatic carbocycles. The van der Waals surface area contributed by atoms with Crippen molar-refractivity contribution in [3.8, 4) is 5.75 Å². The van der Waals surface area contributed by atoms with Crippen LogP contribution in [0.5, 0.6) is 5.75 Å². The van der Waals surface area contributed by atoms with Crippen LogP contribution in [0.4, 0.5) is 15.8 Å². The molecular formula is C20H15ClFN3O5. The van der Waals surface area contributed by atoms with Crippen LogP contribution in [0.3, 0.4) is 0 Å². The van der Waals surface area contributed by atoms with Gasteiger partial charge in [0.25, 0.3) is 17.2 Å². The average molecular weight is 432 g/mol. The number of carbonyl (C=O) groups is 1. The number of nitrogens with zero attached hydrogens (tertiary/aromatic N) is 2. The number of carbonyl (C=O) groups excluding carboxylic acids is 1. The smallest absolute Gasteiger partial charge is 0.273 e. The lowest BCUT2D eigenvalue weighted by atomic mass is 10.2. The summed E-state index contributed by atoms with van der Waals surface area (Å²) in [5.41, 5.74) is -0.801. The van der Waals surface area contributed by atoms with Gasteiger partial charge in [0.1, 0.15) is 17.1 Å². The minimum Gasteiger partial charge on any atom is -0.494 e. The van der Waals surface area contributed by atoms with Crippen LogP contribution in [0.15, 0.2) is 59.5 Å². The number of anilines is 1. The first-order chi connectivity index (χ1) is 14.3. The molecule has 0 spiro atoms. The van der Waals surface area contributed by atoms with Gasteiger partial charge in [-0.3, -0.25) is 19.7 Å². The normalized spacial score (nSPS) is 10.5. The first kappa shape index (κ1) is 21.0. The van der Waals surface area contributed by atoms with E-state index in [9.17, 15) is 24.1 Å². The van der Waals surface area contributed by atoms with Crippen LogP contribution in [0, 0.1) is 15.9 Å². The zero-order chi connectivity index (χ0) is 21.8. The first-order valence-corrected chi connectivity index (χ1v) is 8.95.